The van der Waals surface area contributed by atoms with Gasteiger partial charge in [0, 0.05) is 43.0 Å². The van der Waals surface area contributed by atoms with Crippen molar-refractivity contribution >= 4 is 27.5 Å². The van der Waals surface area contributed by atoms with E-state index in [2.05, 4.69) is 20.1 Å². The summed E-state index contributed by atoms with van der Waals surface area (Å²) in [5.74, 6) is 0.0183. The SMILES string of the molecule is [2H]C1([2H])OC([2H])([2H])c2cc(C3CCC4(COc5nc(N6C[C@H]7CC[C@@H](C6)N7)c6cnc(-c7cc(O)cc8ccccc78)c(F)c6n5)CCCN34)ccc21. The number of rotatable bonds is 6. The fraction of sp³-hybridized carbons (Fsp3) is 0.410. The van der Waals surface area contributed by atoms with Crippen molar-refractivity contribution in [3.63, 3.8) is 0 Å². The lowest BCUT2D eigenvalue weighted by Gasteiger charge is -2.35. The van der Waals surface area contributed by atoms with Gasteiger partial charge in [0.05, 0.1) is 29.5 Å². The van der Waals surface area contributed by atoms with Crippen LogP contribution in [0.1, 0.15) is 66.7 Å². The first-order valence-electron chi connectivity index (χ1n) is 19.3. The molecule has 10 heteroatoms. The molecule has 0 aliphatic carbocycles. The van der Waals surface area contributed by atoms with Gasteiger partial charge in [0.25, 0.3) is 0 Å². The number of benzene rings is 3. The monoisotopic (exact) mass is 662 g/mol. The van der Waals surface area contributed by atoms with Crippen LogP contribution < -0.4 is 15.0 Å². The number of halogens is 1. The zero-order valence-electron chi connectivity index (χ0n) is 31.0. The Morgan fingerprint density at radius 2 is 1.86 bits per heavy atom. The van der Waals surface area contributed by atoms with Crippen molar-refractivity contribution in [3.05, 3.63) is 83.3 Å². The number of anilines is 1. The Hall–Kier alpha value is -4.38. The van der Waals surface area contributed by atoms with Crippen LogP contribution in [0.15, 0.2) is 60.8 Å². The highest BCUT2D eigenvalue weighted by atomic mass is 19.1. The van der Waals surface area contributed by atoms with E-state index in [-0.39, 0.29) is 45.7 Å². The minimum absolute atomic E-state index is 0.00117. The second-order valence-corrected chi connectivity index (χ2v) is 14.2. The number of piperazine rings is 1. The van der Waals surface area contributed by atoms with E-state index in [1.165, 1.54) is 6.07 Å². The van der Waals surface area contributed by atoms with Crippen molar-refractivity contribution in [2.45, 2.75) is 75.3 Å². The molecule has 4 saturated heterocycles. The van der Waals surface area contributed by atoms with Crippen LogP contribution in [0.25, 0.3) is 32.9 Å². The maximum atomic E-state index is 16.9. The number of ether oxygens (including phenoxy) is 2. The molecule has 5 aliphatic rings. The van der Waals surface area contributed by atoms with Gasteiger partial charge in [0.15, 0.2) is 5.82 Å². The van der Waals surface area contributed by atoms with Gasteiger partial charge in [0.2, 0.25) is 0 Å². The maximum Gasteiger partial charge on any atom is 0.319 e. The largest absolute Gasteiger partial charge is 0.508 e. The fourth-order valence-electron chi connectivity index (χ4n) is 9.10. The number of pyridine rings is 1. The molecular formula is C39H39FN6O3. The summed E-state index contributed by atoms with van der Waals surface area (Å²) in [7, 11) is 0. The standard InChI is InChI=1S/C39H39FN6O3/c40-34-35(31-16-29(47)15-23-4-1-2-5-30(23)31)41-17-32-36(34)43-38(44-37(32)45-18-27-8-9-28(19-45)42-27)49-22-39-11-3-13-46(39)33(10-12-39)24-6-7-25-20-48-21-26(25)14-24/h1-2,4-7,14-17,27-28,33,42,47H,3,8-13,18-22H2/t27-,28+,33?,39?/i20D2,21D2. The second kappa shape index (κ2) is 11.3. The molecule has 2 unspecified atom stereocenters. The van der Waals surface area contributed by atoms with Crippen molar-refractivity contribution in [1.82, 2.24) is 25.2 Å². The third-order valence-corrected chi connectivity index (χ3v) is 11.4. The summed E-state index contributed by atoms with van der Waals surface area (Å²) in [6.45, 7) is -1.80. The third-order valence-electron chi connectivity index (χ3n) is 11.4. The van der Waals surface area contributed by atoms with Gasteiger partial charge in [-0.2, -0.15) is 9.97 Å². The molecule has 250 valence electrons. The minimum atomic E-state index is -2.22. The summed E-state index contributed by atoms with van der Waals surface area (Å²) < 4.78 is 61.6. The van der Waals surface area contributed by atoms with Gasteiger partial charge in [-0.1, -0.05) is 42.5 Å². The van der Waals surface area contributed by atoms with Crippen LogP contribution in [-0.2, 0) is 17.9 Å². The lowest BCUT2D eigenvalue weighted by Crippen LogP contribution is -2.51. The zero-order valence-corrected chi connectivity index (χ0v) is 27.0. The number of fused-ring (bicyclic) bond motifs is 6. The summed E-state index contributed by atoms with van der Waals surface area (Å²) >= 11 is 0. The molecule has 5 aliphatic heterocycles. The first kappa shape index (κ1) is 25.6. The molecule has 3 aromatic carbocycles. The Balaban J connectivity index is 1.01. The molecule has 5 aromatic rings. The highest BCUT2D eigenvalue weighted by Gasteiger charge is 2.50. The van der Waals surface area contributed by atoms with E-state index in [9.17, 15) is 5.11 Å². The molecule has 2 N–H and O–H groups in total. The minimum Gasteiger partial charge on any atom is -0.508 e. The highest BCUT2D eigenvalue weighted by molar-refractivity contribution is 5.99. The fourth-order valence-corrected chi connectivity index (χ4v) is 9.10. The molecule has 10 rings (SSSR count). The maximum absolute atomic E-state index is 16.9. The van der Waals surface area contributed by atoms with Crippen LogP contribution in [0.5, 0.6) is 11.8 Å². The zero-order chi connectivity index (χ0) is 36.3. The average Bonchev–Trinajstić information content (AvgIpc) is 3.85. The van der Waals surface area contributed by atoms with E-state index in [0.717, 1.165) is 74.5 Å². The number of phenols is 1. The molecule has 0 spiro atoms. The summed E-state index contributed by atoms with van der Waals surface area (Å²) in [6, 6.07) is 16.8. The number of nitrogens with zero attached hydrogens (tertiary/aromatic N) is 5. The molecule has 49 heavy (non-hydrogen) atoms. The molecule has 2 bridgehead atoms. The number of phenolic OH excluding ortho intramolecular Hbond substituents is 1. The first-order chi connectivity index (χ1) is 25.5. The molecule has 2 aromatic heterocycles. The van der Waals surface area contributed by atoms with Crippen molar-refractivity contribution in [2.24, 2.45) is 0 Å². The molecule has 9 nitrogen and oxygen atoms in total. The molecule has 4 atom stereocenters. The Kier molecular flexibility index (Phi) is 5.91. The van der Waals surface area contributed by atoms with Gasteiger partial charge < -0.3 is 24.8 Å². The number of hydrogen-bond acceptors (Lipinski definition) is 9. The molecule has 7 heterocycles. The van der Waals surface area contributed by atoms with Crippen molar-refractivity contribution < 1.29 is 24.5 Å². The first-order valence-corrected chi connectivity index (χ1v) is 17.3. The van der Waals surface area contributed by atoms with Crippen LogP contribution in [0.2, 0.25) is 0 Å². The topological polar surface area (TPSA) is 95.9 Å². The molecule has 0 saturated carbocycles. The van der Waals surface area contributed by atoms with Crippen LogP contribution >= 0.6 is 0 Å². The summed E-state index contributed by atoms with van der Waals surface area (Å²) in [4.78, 5) is 18.9. The van der Waals surface area contributed by atoms with Gasteiger partial charge in [-0.05, 0) is 84.7 Å². The van der Waals surface area contributed by atoms with Gasteiger partial charge >= 0.3 is 6.01 Å². The Morgan fingerprint density at radius 1 is 1.00 bits per heavy atom. The highest BCUT2D eigenvalue weighted by Crippen LogP contribution is 2.49. The van der Waals surface area contributed by atoms with E-state index in [0.29, 0.717) is 35.5 Å². The van der Waals surface area contributed by atoms with Gasteiger partial charge in [-0.15, -0.1) is 0 Å². The van der Waals surface area contributed by atoms with Crippen molar-refractivity contribution in [2.75, 3.05) is 31.1 Å². The van der Waals surface area contributed by atoms with Crippen LogP contribution in [-0.4, -0.2) is 68.8 Å². The summed E-state index contributed by atoms with van der Waals surface area (Å²) in [6.07, 6.45) is 7.32. The van der Waals surface area contributed by atoms with Crippen molar-refractivity contribution in [1.29, 1.82) is 0 Å². The van der Waals surface area contributed by atoms with E-state index in [4.69, 9.17) is 24.9 Å². The van der Waals surface area contributed by atoms with E-state index >= 15 is 4.39 Å². The van der Waals surface area contributed by atoms with E-state index < -0.39 is 18.9 Å². The van der Waals surface area contributed by atoms with Crippen LogP contribution in [0.4, 0.5) is 10.2 Å². The normalized spacial score (nSPS) is 29.4. The lowest BCUT2D eigenvalue weighted by atomic mass is 9.95. The van der Waals surface area contributed by atoms with E-state index in [1.807, 2.05) is 30.3 Å². The van der Waals surface area contributed by atoms with Crippen LogP contribution in [0.3, 0.4) is 0 Å². The van der Waals surface area contributed by atoms with Gasteiger partial charge in [-0.3, -0.25) is 9.88 Å². The number of aromatic hydroxyl groups is 1. The Morgan fingerprint density at radius 3 is 2.76 bits per heavy atom. The predicted octanol–water partition coefficient (Wildman–Crippen LogP) is 6.41. The summed E-state index contributed by atoms with van der Waals surface area (Å²) in [5, 5.41) is 16.3. The van der Waals surface area contributed by atoms with Gasteiger partial charge in [-0.25, -0.2) is 4.39 Å². The second-order valence-electron chi connectivity index (χ2n) is 14.2. The Labute approximate surface area is 289 Å². The van der Waals surface area contributed by atoms with E-state index in [1.54, 1.807) is 24.4 Å². The third kappa shape index (κ3) is 4.87. The molecule has 0 radical (unpaired) electrons. The van der Waals surface area contributed by atoms with Crippen LogP contribution in [0, 0.1) is 5.82 Å². The number of nitrogens with one attached hydrogen (secondary N) is 1. The van der Waals surface area contributed by atoms with Gasteiger partial charge in [0.1, 0.15) is 29.4 Å². The smallest absolute Gasteiger partial charge is 0.319 e. The summed E-state index contributed by atoms with van der Waals surface area (Å²) in [5.41, 5.74) is 1.76. The predicted molar refractivity (Wildman–Crippen MR) is 185 cm³/mol. The molecular weight excluding hydrogens is 619 g/mol. The number of aromatic nitrogens is 3. The lowest BCUT2D eigenvalue weighted by molar-refractivity contribution is 0.0845. The quantitative estimate of drug-likeness (QED) is 0.214. The number of hydrogen-bond donors (Lipinski definition) is 2. The average molecular weight is 663 g/mol. The van der Waals surface area contributed by atoms with Crippen molar-refractivity contribution in [3.8, 4) is 23.0 Å². The Bertz CT molecular complexity index is 2300. The molecule has 0 amide bonds. The molecule has 4 fully saturated rings.